The summed E-state index contributed by atoms with van der Waals surface area (Å²) in [5.74, 6) is 1.53. The highest BCUT2D eigenvalue weighted by Gasteiger charge is 2.51. The predicted molar refractivity (Wildman–Crippen MR) is 242 cm³/mol. The number of amides is 2. The SMILES string of the molecule is COc1c(CN2O[C@@H](CN=C(N(C)C)N(C)C)[C@@H]([C@H](C)O)[C@H]2C(=O)N[C@H]2C[C@@H](C)C(C)(C)[C@@H](C)[C@@H]2C)cccc1-c1cc(C(=O)NCCc2ccccc2)cc(N(C)C)c1. The molecule has 1 aliphatic heterocycles. The van der Waals surface area contributed by atoms with Gasteiger partial charge in [-0.25, -0.2) is 0 Å². The van der Waals surface area contributed by atoms with E-state index in [-0.39, 0.29) is 42.3 Å². The molecular weight excluding hydrogens is 755 g/mol. The van der Waals surface area contributed by atoms with Gasteiger partial charge in [0.05, 0.1) is 26.3 Å². The van der Waals surface area contributed by atoms with Crippen LogP contribution in [0.3, 0.4) is 0 Å². The highest BCUT2D eigenvalue weighted by atomic mass is 16.7. The van der Waals surface area contributed by atoms with Gasteiger partial charge in [0.2, 0.25) is 5.91 Å². The van der Waals surface area contributed by atoms with Gasteiger partial charge in [-0.05, 0) is 72.3 Å². The molecule has 328 valence electrons. The Bertz CT molecular complexity index is 1940. The lowest BCUT2D eigenvalue weighted by molar-refractivity contribution is -0.174. The van der Waals surface area contributed by atoms with E-state index < -0.39 is 24.2 Å². The zero-order chi connectivity index (χ0) is 44.1. The monoisotopic (exact) mass is 826 g/mol. The number of nitrogens with zero attached hydrogens (tertiary/aromatic N) is 5. The van der Waals surface area contributed by atoms with E-state index in [0.717, 1.165) is 46.7 Å². The second-order valence-electron chi connectivity index (χ2n) is 18.3. The molecule has 1 heterocycles. The number of benzene rings is 3. The van der Waals surface area contributed by atoms with Gasteiger partial charge in [-0.1, -0.05) is 83.1 Å². The fourth-order valence-electron chi connectivity index (χ4n) is 9.13. The first-order chi connectivity index (χ1) is 28.3. The van der Waals surface area contributed by atoms with Crippen LogP contribution in [-0.4, -0.2) is 125 Å². The van der Waals surface area contributed by atoms with Crippen molar-refractivity contribution in [3.05, 3.63) is 83.4 Å². The van der Waals surface area contributed by atoms with Crippen molar-refractivity contribution in [1.29, 1.82) is 0 Å². The van der Waals surface area contributed by atoms with E-state index in [0.29, 0.717) is 29.7 Å². The third-order valence-corrected chi connectivity index (χ3v) is 13.4. The quantitative estimate of drug-likeness (QED) is 0.129. The average Bonchev–Trinajstić information content (AvgIpc) is 3.57. The van der Waals surface area contributed by atoms with Crippen molar-refractivity contribution in [1.82, 2.24) is 25.5 Å². The molecular formula is C48H71N7O5. The van der Waals surface area contributed by atoms with Crippen LogP contribution in [0.5, 0.6) is 5.75 Å². The molecule has 2 amide bonds. The smallest absolute Gasteiger partial charge is 0.251 e. The molecule has 3 aromatic rings. The van der Waals surface area contributed by atoms with Gasteiger partial charge < -0.3 is 35.2 Å². The Morgan fingerprint density at radius 1 is 0.983 bits per heavy atom. The number of aliphatic imine (C=N–C) groups is 1. The standard InChI is InChI=1S/C48H71N7O5/c1-30-24-40(31(2)32(3)48(30,5)6)51-46(58)43-42(33(4)56)41(28-50-47(53(9)10)54(11)12)60-55(43)29-35-20-17-21-39(44(35)59-13)36-25-37(27-38(26-36)52(7)8)45(57)49-23-22-34-18-15-14-16-19-34/h14-21,25-27,30-33,40-43,56H,22-24,28-29H2,1-13H3,(H,49,57)(H,51,58)/t30-,31+,32+,33+,40+,41+,42-,43+/m1/s1. The molecule has 2 fully saturated rings. The number of guanidine groups is 1. The van der Waals surface area contributed by atoms with E-state index in [1.807, 2.05) is 112 Å². The zero-order valence-corrected chi connectivity index (χ0v) is 38.3. The Morgan fingerprint density at radius 3 is 2.28 bits per heavy atom. The zero-order valence-electron chi connectivity index (χ0n) is 38.3. The van der Waals surface area contributed by atoms with Crippen LogP contribution in [0.2, 0.25) is 0 Å². The predicted octanol–water partition coefficient (Wildman–Crippen LogP) is 6.18. The molecule has 3 N–H and O–H groups in total. The molecule has 1 saturated carbocycles. The first-order valence-corrected chi connectivity index (χ1v) is 21.5. The summed E-state index contributed by atoms with van der Waals surface area (Å²) in [5, 5.41) is 19.7. The van der Waals surface area contributed by atoms with Gasteiger partial charge in [-0.2, -0.15) is 5.06 Å². The van der Waals surface area contributed by atoms with Gasteiger partial charge in [-0.15, -0.1) is 0 Å². The number of carbonyl (C=O) groups excluding carboxylic acids is 2. The summed E-state index contributed by atoms with van der Waals surface area (Å²) in [7, 11) is 13.3. The summed E-state index contributed by atoms with van der Waals surface area (Å²) in [4.78, 5) is 45.9. The molecule has 2 aliphatic rings. The minimum absolute atomic E-state index is 0.0234. The van der Waals surface area contributed by atoms with E-state index in [4.69, 9.17) is 14.6 Å². The minimum atomic E-state index is -0.868. The van der Waals surface area contributed by atoms with Crippen molar-refractivity contribution in [3.8, 4) is 16.9 Å². The van der Waals surface area contributed by atoms with E-state index >= 15 is 0 Å². The highest BCUT2D eigenvalue weighted by molar-refractivity contribution is 5.97. The molecule has 12 heteroatoms. The maximum absolute atomic E-state index is 14.8. The Hall–Kier alpha value is -4.65. The van der Waals surface area contributed by atoms with Gasteiger partial charge in [0.15, 0.2) is 5.96 Å². The number of hydrogen-bond acceptors (Lipinski definition) is 8. The Labute approximate surface area is 359 Å². The normalized spacial score (nSPS) is 24.3. The van der Waals surface area contributed by atoms with Crippen LogP contribution in [0.25, 0.3) is 11.1 Å². The number of methoxy groups -OCH3 is 1. The van der Waals surface area contributed by atoms with Crippen molar-refractivity contribution < 1.29 is 24.3 Å². The number of nitrogens with one attached hydrogen (secondary N) is 2. The van der Waals surface area contributed by atoms with Crippen molar-refractivity contribution >= 4 is 23.5 Å². The van der Waals surface area contributed by atoms with Crippen LogP contribution in [0.1, 0.15) is 69.4 Å². The van der Waals surface area contributed by atoms with Crippen molar-refractivity contribution in [3.63, 3.8) is 0 Å². The molecule has 8 atom stereocenters. The topological polar surface area (TPSA) is 122 Å². The molecule has 60 heavy (non-hydrogen) atoms. The maximum Gasteiger partial charge on any atom is 0.251 e. The van der Waals surface area contributed by atoms with E-state index in [1.165, 1.54) is 0 Å². The van der Waals surface area contributed by atoms with Crippen molar-refractivity contribution in [2.24, 2.45) is 34.1 Å². The van der Waals surface area contributed by atoms with Crippen LogP contribution in [0.15, 0.2) is 71.7 Å². The number of para-hydroxylation sites is 1. The first-order valence-electron chi connectivity index (χ1n) is 21.5. The minimum Gasteiger partial charge on any atom is -0.496 e. The first kappa shape index (κ1) is 46.4. The molecule has 0 unspecified atom stereocenters. The lowest BCUT2D eigenvalue weighted by atomic mass is 9.58. The largest absolute Gasteiger partial charge is 0.496 e. The Balaban J connectivity index is 1.50. The van der Waals surface area contributed by atoms with Crippen LogP contribution in [0.4, 0.5) is 5.69 Å². The molecule has 5 rings (SSSR count). The van der Waals surface area contributed by atoms with E-state index in [1.54, 1.807) is 19.1 Å². The summed E-state index contributed by atoms with van der Waals surface area (Å²) < 4.78 is 6.18. The third kappa shape index (κ3) is 10.4. The van der Waals surface area contributed by atoms with Crippen molar-refractivity contribution in [2.75, 3.05) is 67.4 Å². The number of hydrogen-bond donors (Lipinski definition) is 3. The Morgan fingerprint density at radius 2 is 1.67 bits per heavy atom. The van der Waals surface area contributed by atoms with Gasteiger partial charge in [0.25, 0.3) is 5.91 Å². The number of aliphatic hydroxyl groups excluding tert-OH is 1. The van der Waals surface area contributed by atoms with Crippen LogP contribution < -0.4 is 20.3 Å². The van der Waals surface area contributed by atoms with E-state index in [9.17, 15) is 14.7 Å². The number of anilines is 1. The van der Waals surface area contributed by atoms with Crippen LogP contribution in [0, 0.1) is 29.1 Å². The number of hydroxylamine groups is 2. The number of rotatable bonds is 14. The highest BCUT2D eigenvalue weighted by Crippen LogP contribution is 2.48. The number of ether oxygens (including phenoxy) is 1. The van der Waals surface area contributed by atoms with Crippen LogP contribution in [-0.2, 0) is 22.6 Å². The molecule has 1 aliphatic carbocycles. The second kappa shape index (κ2) is 19.8. The van der Waals surface area contributed by atoms with E-state index in [2.05, 4.69) is 57.4 Å². The maximum atomic E-state index is 14.8. The van der Waals surface area contributed by atoms with Gasteiger partial charge >= 0.3 is 0 Å². The summed E-state index contributed by atoms with van der Waals surface area (Å²) in [6.45, 7) is 14.2. The average molecular weight is 826 g/mol. The lowest BCUT2D eigenvalue weighted by Gasteiger charge is -2.50. The molecule has 1 saturated heterocycles. The number of aliphatic hydroxyl groups is 1. The lowest BCUT2D eigenvalue weighted by Crippen LogP contribution is -2.56. The molecule has 0 bridgehead atoms. The summed E-state index contributed by atoms with van der Waals surface area (Å²) in [5.41, 5.74) is 5.12. The van der Waals surface area contributed by atoms with Crippen LogP contribution >= 0.6 is 0 Å². The summed E-state index contributed by atoms with van der Waals surface area (Å²) >= 11 is 0. The summed E-state index contributed by atoms with van der Waals surface area (Å²) in [6.07, 6.45) is 0.152. The van der Waals surface area contributed by atoms with Gasteiger partial charge in [-0.3, -0.25) is 19.4 Å². The van der Waals surface area contributed by atoms with Gasteiger partial charge in [0.1, 0.15) is 17.9 Å². The second-order valence-corrected chi connectivity index (χ2v) is 18.3. The molecule has 3 aromatic carbocycles. The third-order valence-electron chi connectivity index (χ3n) is 13.4. The molecule has 0 spiro atoms. The molecule has 0 aromatic heterocycles. The fraction of sp³-hybridized carbons (Fsp3) is 0.562. The fourth-order valence-corrected chi connectivity index (χ4v) is 9.13. The number of carbonyl (C=O) groups is 2. The van der Waals surface area contributed by atoms with Gasteiger partial charge in [0, 0.05) is 83.2 Å². The summed E-state index contributed by atoms with van der Waals surface area (Å²) in [6, 6.07) is 21.0. The van der Waals surface area contributed by atoms with Crippen molar-refractivity contribution in [2.45, 2.75) is 85.2 Å². The molecule has 12 nitrogen and oxygen atoms in total. The Kier molecular flexibility index (Phi) is 15.3. The molecule has 0 radical (unpaired) electrons.